The van der Waals surface area contributed by atoms with Gasteiger partial charge in [0.05, 0.1) is 13.2 Å². The lowest BCUT2D eigenvalue weighted by Gasteiger charge is -2.21. The Morgan fingerprint density at radius 1 is 0.471 bits per heavy atom. The predicted molar refractivity (Wildman–Crippen MR) is 215 cm³/mol. The number of ether oxygens (including phenoxy) is 3. The molecule has 7 heteroatoms. The molecular formula is C44H87NO6. The Morgan fingerprint density at radius 3 is 1.39 bits per heavy atom. The quantitative estimate of drug-likeness (QED) is 0.0497. The molecule has 0 radical (unpaired) electrons. The van der Waals surface area contributed by atoms with Gasteiger partial charge in [-0.2, -0.15) is 0 Å². The molecule has 0 aromatic carbocycles. The molecule has 1 unspecified atom stereocenters. The molecule has 51 heavy (non-hydrogen) atoms. The van der Waals surface area contributed by atoms with Gasteiger partial charge in [-0.25, -0.2) is 4.79 Å². The number of esters is 1. The summed E-state index contributed by atoms with van der Waals surface area (Å²) in [5.74, 6) is -0.00253. The highest BCUT2D eigenvalue weighted by Crippen LogP contribution is 2.19. The number of rotatable bonds is 40. The second-order valence-electron chi connectivity index (χ2n) is 15.2. The number of unbranched alkanes of at least 4 members (excludes halogenated alkanes) is 20. The zero-order chi connectivity index (χ0) is 37.5. The topological polar surface area (TPSA) is 85.3 Å². The van der Waals surface area contributed by atoms with E-state index < -0.39 is 6.16 Å². The van der Waals surface area contributed by atoms with Crippen molar-refractivity contribution in [2.24, 2.45) is 0 Å². The van der Waals surface area contributed by atoms with Gasteiger partial charge in [0, 0.05) is 13.0 Å². The van der Waals surface area contributed by atoms with Gasteiger partial charge in [-0.3, -0.25) is 4.79 Å². The van der Waals surface area contributed by atoms with Crippen LogP contribution in [0, 0.1) is 0 Å². The molecule has 0 fully saturated rings. The van der Waals surface area contributed by atoms with E-state index in [1.54, 1.807) is 0 Å². The van der Waals surface area contributed by atoms with Crippen molar-refractivity contribution in [3.8, 4) is 0 Å². The lowest BCUT2D eigenvalue weighted by atomic mass is 10.0. The molecule has 0 rings (SSSR count). The molecular weight excluding hydrogens is 638 g/mol. The minimum absolute atomic E-state index is 0.00253. The molecule has 304 valence electrons. The van der Waals surface area contributed by atoms with E-state index in [4.69, 9.17) is 14.2 Å². The molecule has 0 heterocycles. The van der Waals surface area contributed by atoms with E-state index in [2.05, 4.69) is 32.6 Å². The first-order chi connectivity index (χ1) is 25.0. The number of hydrogen-bond donors (Lipinski definition) is 1. The van der Waals surface area contributed by atoms with Crippen molar-refractivity contribution < 1.29 is 28.9 Å². The van der Waals surface area contributed by atoms with Crippen molar-refractivity contribution in [2.45, 2.75) is 239 Å². The SMILES string of the molecule is CCCCCCCCC(CCCCCCCC)OC(=O)CCCCCCCN(CCO)CCCCOC(=O)OC(CCC)CCCCCCCC. The van der Waals surface area contributed by atoms with Crippen LogP contribution in [0.5, 0.6) is 0 Å². The second kappa shape index (κ2) is 39.9. The molecule has 0 aliphatic heterocycles. The summed E-state index contributed by atoms with van der Waals surface area (Å²) < 4.78 is 17.0. The highest BCUT2D eigenvalue weighted by Gasteiger charge is 2.16. The van der Waals surface area contributed by atoms with Crippen LogP contribution in [0.3, 0.4) is 0 Å². The standard InChI is InChI=1S/C44H87NO6/c1-5-9-12-15-19-24-32-41(31-8-4)51-44(48)49-40-30-29-37-45(38-39-46)36-28-23-18-22-27-35-43(47)50-42(33-25-20-16-13-10-6-2)34-26-21-17-14-11-7-3/h41-42,46H,5-40H2,1-4H3. The Bertz CT molecular complexity index is 718. The normalized spacial score (nSPS) is 12.1. The van der Waals surface area contributed by atoms with Gasteiger partial charge in [0.25, 0.3) is 0 Å². The van der Waals surface area contributed by atoms with Crippen molar-refractivity contribution in [1.82, 2.24) is 4.90 Å². The van der Waals surface area contributed by atoms with Crippen LogP contribution >= 0.6 is 0 Å². The van der Waals surface area contributed by atoms with Gasteiger partial charge in [0.15, 0.2) is 0 Å². The van der Waals surface area contributed by atoms with Gasteiger partial charge in [-0.05, 0) is 83.7 Å². The molecule has 0 aromatic heterocycles. The van der Waals surface area contributed by atoms with Crippen LogP contribution in [0.25, 0.3) is 0 Å². The Hall–Kier alpha value is -1.34. The first-order valence-corrected chi connectivity index (χ1v) is 22.4. The smallest absolute Gasteiger partial charge is 0.462 e. The number of aliphatic hydroxyl groups is 1. The first-order valence-electron chi connectivity index (χ1n) is 22.4. The molecule has 0 saturated carbocycles. The maximum absolute atomic E-state index is 12.7. The molecule has 1 atom stereocenters. The molecule has 0 aromatic rings. The number of aliphatic hydroxyl groups excluding tert-OH is 1. The highest BCUT2D eigenvalue weighted by atomic mass is 16.7. The third kappa shape index (κ3) is 35.5. The van der Waals surface area contributed by atoms with E-state index in [-0.39, 0.29) is 24.8 Å². The minimum Gasteiger partial charge on any atom is -0.462 e. The Labute approximate surface area is 317 Å². The molecule has 0 aliphatic carbocycles. The Morgan fingerprint density at radius 2 is 0.902 bits per heavy atom. The van der Waals surface area contributed by atoms with E-state index >= 15 is 0 Å². The molecule has 1 N–H and O–H groups in total. The fraction of sp³-hybridized carbons (Fsp3) is 0.955. The van der Waals surface area contributed by atoms with Gasteiger partial charge in [0.1, 0.15) is 12.2 Å². The maximum Gasteiger partial charge on any atom is 0.508 e. The van der Waals surface area contributed by atoms with Crippen molar-refractivity contribution in [3.63, 3.8) is 0 Å². The molecule has 7 nitrogen and oxygen atoms in total. The van der Waals surface area contributed by atoms with Crippen molar-refractivity contribution >= 4 is 12.1 Å². The number of carbonyl (C=O) groups excluding carboxylic acids is 2. The fourth-order valence-corrected chi connectivity index (χ4v) is 6.92. The highest BCUT2D eigenvalue weighted by molar-refractivity contribution is 5.69. The zero-order valence-electron chi connectivity index (χ0n) is 34.5. The summed E-state index contributed by atoms with van der Waals surface area (Å²) in [6, 6.07) is 0. The third-order valence-corrected chi connectivity index (χ3v) is 10.2. The van der Waals surface area contributed by atoms with Crippen LogP contribution in [0.2, 0.25) is 0 Å². The average Bonchev–Trinajstić information content (AvgIpc) is 3.11. The van der Waals surface area contributed by atoms with E-state index in [0.29, 0.717) is 19.6 Å². The van der Waals surface area contributed by atoms with Crippen molar-refractivity contribution in [3.05, 3.63) is 0 Å². The van der Waals surface area contributed by atoms with E-state index in [9.17, 15) is 14.7 Å². The van der Waals surface area contributed by atoms with E-state index in [1.165, 1.54) is 109 Å². The van der Waals surface area contributed by atoms with E-state index in [1.807, 2.05) is 0 Å². The summed E-state index contributed by atoms with van der Waals surface area (Å²) in [5, 5.41) is 9.55. The van der Waals surface area contributed by atoms with Gasteiger partial charge in [0.2, 0.25) is 0 Å². The maximum atomic E-state index is 12.7. The third-order valence-electron chi connectivity index (χ3n) is 10.2. The van der Waals surface area contributed by atoms with Gasteiger partial charge < -0.3 is 24.2 Å². The molecule has 0 amide bonds. The number of nitrogens with zero attached hydrogens (tertiary/aromatic N) is 1. The van der Waals surface area contributed by atoms with Crippen LogP contribution < -0.4 is 0 Å². The zero-order valence-corrected chi connectivity index (χ0v) is 34.5. The second-order valence-corrected chi connectivity index (χ2v) is 15.2. The summed E-state index contributed by atoms with van der Waals surface area (Å²) in [7, 11) is 0. The summed E-state index contributed by atoms with van der Waals surface area (Å²) in [6.07, 6.45) is 34.7. The summed E-state index contributed by atoms with van der Waals surface area (Å²) in [5.41, 5.74) is 0. The summed E-state index contributed by atoms with van der Waals surface area (Å²) in [4.78, 5) is 27.3. The predicted octanol–water partition coefficient (Wildman–Crippen LogP) is 12.9. The van der Waals surface area contributed by atoms with Gasteiger partial charge >= 0.3 is 12.1 Å². The van der Waals surface area contributed by atoms with E-state index in [0.717, 1.165) is 96.6 Å². The van der Waals surface area contributed by atoms with Gasteiger partial charge in [-0.15, -0.1) is 0 Å². The van der Waals surface area contributed by atoms with Crippen LogP contribution in [0.1, 0.15) is 227 Å². The monoisotopic (exact) mass is 726 g/mol. The minimum atomic E-state index is -0.527. The van der Waals surface area contributed by atoms with Gasteiger partial charge in [-0.1, -0.05) is 150 Å². The number of hydrogen-bond acceptors (Lipinski definition) is 7. The van der Waals surface area contributed by atoms with Crippen LogP contribution in [0.4, 0.5) is 4.79 Å². The van der Waals surface area contributed by atoms with Crippen molar-refractivity contribution in [2.75, 3.05) is 32.8 Å². The molecule has 0 saturated heterocycles. The average molecular weight is 726 g/mol. The molecule has 0 bridgehead atoms. The molecule has 0 aliphatic rings. The summed E-state index contributed by atoms with van der Waals surface area (Å²) in [6.45, 7) is 11.9. The Balaban J connectivity index is 4.15. The van der Waals surface area contributed by atoms with Crippen molar-refractivity contribution in [1.29, 1.82) is 0 Å². The van der Waals surface area contributed by atoms with Crippen LogP contribution in [0.15, 0.2) is 0 Å². The molecule has 0 spiro atoms. The largest absolute Gasteiger partial charge is 0.508 e. The Kier molecular flexibility index (Phi) is 38.8. The first kappa shape index (κ1) is 49.7. The van der Waals surface area contributed by atoms with Crippen LogP contribution in [-0.2, 0) is 19.0 Å². The van der Waals surface area contributed by atoms with Crippen LogP contribution in [-0.4, -0.2) is 67.2 Å². The number of carbonyl (C=O) groups is 2. The fourth-order valence-electron chi connectivity index (χ4n) is 6.92. The lowest BCUT2D eigenvalue weighted by Crippen LogP contribution is -2.29. The summed E-state index contributed by atoms with van der Waals surface area (Å²) >= 11 is 0. The lowest BCUT2D eigenvalue weighted by molar-refractivity contribution is -0.150.